The predicted molar refractivity (Wildman–Crippen MR) is 127 cm³/mol. The SMILES string of the molecule is Cc1ccc([N+](=O)[O-])cc1NC(=O)CCN(C)c1ncnc2sc(-c3ccccc3)cc12. The van der Waals surface area contributed by atoms with Gasteiger partial charge in [0.15, 0.2) is 0 Å². The van der Waals surface area contributed by atoms with Crippen LogP contribution < -0.4 is 10.2 Å². The summed E-state index contributed by atoms with van der Waals surface area (Å²) >= 11 is 1.60. The molecule has 2 aromatic carbocycles. The van der Waals surface area contributed by atoms with Crippen LogP contribution in [-0.4, -0.2) is 34.4 Å². The molecule has 0 aliphatic heterocycles. The molecule has 8 nitrogen and oxygen atoms in total. The predicted octanol–water partition coefficient (Wildman–Crippen LogP) is 5.04. The number of nitro benzene ring substituents is 1. The second-order valence-electron chi connectivity index (χ2n) is 7.37. The van der Waals surface area contributed by atoms with Gasteiger partial charge in [0.1, 0.15) is 17.0 Å². The number of thiophene rings is 1. The molecular formula is C23H21N5O3S. The minimum absolute atomic E-state index is 0.0573. The molecule has 162 valence electrons. The summed E-state index contributed by atoms with van der Waals surface area (Å²) in [5.41, 5.74) is 2.28. The van der Waals surface area contributed by atoms with Gasteiger partial charge in [0.05, 0.1) is 16.0 Å². The van der Waals surface area contributed by atoms with Crippen LogP contribution in [0.3, 0.4) is 0 Å². The molecule has 0 atom stereocenters. The summed E-state index contributed by atoms with van der Waals surface area (Å²) in [5, 5.41) is 14.7. The fourth-order valence-electron chi connectivity index (χ4n) is 3.34. The van der Waals surface area contributed by atoms with E-state index in [-0.39, 0.29) is 18.0 Å². The number of non-ortho nitro benzene ring substituents is 1. The van der Waals surface area contributed by atoms with Crippen molar-refractivity contribution in [2.45, 2.75) is 13.3 Å². The maximum absolute atomic E-state index is 12.5. The number of aryl methyl sites for hydroxylation is 1. The lowest BCUT2D eigenvalue weighted by Gasteiger charge is -2.18. The van der Waals surface area contributed by atoms with Crippen molar-refractivity contribution in [3.8, 4) is 10.4 Å². The molecule has 1 amide bonds. The molecule has 0 spiro atoms. The van der Waals surface area contributed by atoms with Gasteiger partial charge in [-0.1, -0.05) is 36.4 Å². The Labute approximate surface area is 188 Å². The highest BCUT2D eigenvalue weighted by Gasteiger charge is 2.15. The lowest BCUT2D eigenvalue weighted by molar-refractivity contribution is -0.384. The van der Waals surface area contributed by atoms with E-state index in [1.807, 2.05) is 30.1 Å². The van der Waals surface area contributed by atoms with Crippen molar-refractivity contribution in [2.75, 3.05) is 23.8 Å². The van der Waals surface area contributed by atoms with E-state index in [9.17, 15) is 14.9 Å². The first-order chi connectivity index (χ1) is 15.4. The number of carbonyl (C=O) groups is 1. The Morgan fingerprint density at radius 2 is 1.94 bits per heavy atom. The molecule has 4 rings (SSSR count). The van der Waals surface area contributed by atoms with Crippen LogP contribution in [0.2, 0.25) is 0 Å². The molecular weight excluding hydrogens is 426 g/mol. The molecule has 0 aliphatic rings. The first kappa shape index (κ1) is 21.4. The van der Waals surface area contributed by atoms with Gasteiger partial charge in [-0.15, -0.1) is 11.3 Å². The summed E-state index contributed by atoms with van der Waals surface area (Å²) < 4.78 is 0. The highest BCUT2D eigenvalue weighted by Crippen LogP contribution is 2.35. The highest BCUT2D eigenvalue weighted by atomic mass is 32.1. The molecule has 0 bridgehead atoms. The van der Waals surface area contributed by atoms with Gasteiger partial charge in [0.25, 0.3) is 5.69 Å². The van der Waals surface area contributed by atoms with E-state index in [4.69, 9.17) is 0 Å². The van der Waals surface area contributed by atoms with Crippen molar-refractivity contribution in [1.82, 2.24) is 9.97 Å². The molecule has 1 N–H and O–H groups in total. The van der Waals surface area contributed by atoms with Crippen molar-refractivity contribution in [3.05, 3.63) is 76.6 Å². The fourth-order valence-corrected chi connectivity index (χ4v) is 4.34. The second-order valence-corrected chi connectivity index (χ2v) is 8.40. The zero-order chi connectivity index (χ0) is 22.7. The standard InChI is InChI=1S/C23H21N5O3S/c1-15-8-9-17(28(30)31)12-19(15)26-21(29)10-11-27(2)22-18-13-20(16-6-4-3-5-7-16)32-23(18)25-14-24-22/h3-9,12-14H,10-11H2,1-2H3,(H,26,29). The normalized spacial score (nSPS) is 10.8. The van der Waals surface area contributed by atoms with Gasteiger partial charge in [-0.2, -0.15) is 0 Å². The third-order valence-corrected chi connectivity index (χ3v) is 6.20. The number of rotatable bonds is 7. The quantitative estimate of drug-likeness (QED) is 0.315. The number of benzene rings is 2. The average molecular weight is 448 g/mol. The molecule has 2 heterocycles. The van der Waals surface area contributed by atoms with Crippen molar-refractivity contribution in [2.24, 2.45) is 0 Å². The summed E-state index contributed by atoms with van der Waals surface area (Å²) in [6.45, 7) is 2.23. The van der Waals surface area contributed by atoms with Gasteiger partial charge >= 0.3 is 0 Å². The molecule has 0 saturated heterocycles. The zero-order valence-corrected chi connectivity index (χ0v) is 18.4. The van der Waals surface area contributed by atoms with E-state index >= 15 is 0 Å². The van der Waals surface area contributed by atoms with Gasteiger partial charge in [-0.05, 0) is 24.1 Å². The summed E-state index contributed by atoms with van der Waals surface area (Å²) in [7, 11) is 1.88. The van der Waals surface area contributed by atoms with Crippen LogP contribution in [0.25, 0.3) is 20.7 Å². The van der Waals surface area contributed by atoms with E-state index in [0.29, 0.717) is 12.2 Å². The Kier molecular flexibility index (Phi) is 6.09. The number of nitro groups is 1. The molecule has 2 aromatic heterocycles. The molecule has 0 saturated carbocycles. The Morgan fingerprint density at radius 3 is 2.69 bits per heavy atom. The maximum atomic E-state index is 12.5. The summed E-state index contributed by atoms with van der Waals surface area (Å²) in [4.78, 5) is 35.8. The second kappa shape index (κ2) is 9.11. The van der Waals surface area contributed by atoms with Crippen LogP contribution in [0.1, 0.15) is 12.0 Å². The van der Waals surface area contributed by atoms with Crippen molar-refractivity contribution < 1.29 is 9.72 Å². The van der Waals surface area contributed by atoms with Crippen molar-refractivity contribution >= 4 is 44.7 Å². The maximum Gasteiger partial charge on any atom is 0.271 e. The van der Waals surface area contributed by atoms with Gasteiger partial charge in [-0.3, -0.25) is 14.9 Å². The smallest absolute Gasteiger partial charge is 0.271 e. The minimum Gasteiger partial charge on any atom is -0.359 e. The van der Waals surface area contributed by atoms with E-state index in [0.717, 1.165) is 32.0 Å². The number of hydrogen-bond donors (Lipinski definition) is 1. The number of hydrogen-bond acceptors (Lipinski definition) is 7. The number of nitrogens with zero attached hydrogens (tertiary/aromatic N) is 4. The van der Waals surface area contributed by atoms with E-state index in [2.05, 4.69) is 33.5 Å². The molecule has 0 radical (unpaired) electrons. The Bertz CT molecular complexity index is 1290. The van der Waals surface area contributed by atoms with Crippen LogP contribution in [0.4, 0.5) is 17.2 Å². The fraction of sp³-hybridized carbons (Fsp3) is 0.174. The monoisotopic (exact) mass is 447 g/mol. The topological polar surface area (TPSA) is 101 Å². The molecule has 4 aromatic rings. The van der Waals surface area contributed by atoms with Gasteiger partial charge in [-0.25, -0.2) is 9.97 Å². The van der Waals surface area contributed by atoms with Crippen LogP contribution in [0.15, 0.2) is 60.9 Å². The van der Waals surface area contributed by atoms with Crippen LogP contribution in [0.5, 0.6) is 0 Å². The van der Waals surface area contributed by atoms with Crippen molar-refractivity contribution in [1.29, 1.82) is 0 Å². The minimum atomic E-state index is -0.478. The van der Waals surface area contributed by atoms with Gasteiger partial charge < -0.3 is 10.2 Å². The van der Waals surface area contributed by atoms with Crippen LogP contribution in [-0.2, 0) is 4.79 Å². The number of nitrogens with one attached hydrogen (secondary N) is 1. The average Bonchev–Trinajstić information content (AvgIpc) is 3.24. The zero-order valence-electron chi connectivity index (χ0n) is 17.6. The first-order valence-corrected chi connectivity index (χ1v) is 10.8. The van der Waals surface area contributed by atoms with Crippen LogP contribution >= 0.6 is 11.3 Å². The largest absolute Gasteiger partial charge is 0.359 e. The van der Waals surface area contributed by atoms with Gasteiger partial charge in [0, 0.05) is 37.0 Å². The van der Waals surface area contributed by atoms with Crippen molar-refractivity contribution in [3.63, 3.8) is 0 Å². The number of aromatic nitrogens is 2. The number of fused-ring (bicyclic) bond motifs is 1. The Hall–Kier alpha value is -3.85. The number of amides is 1. The number of carbonyl (C=O) groups excluding carboxylic acids is 1. The third-order valence-electron chi connectivity index (χ3n) is 5.11. The van der Waals surface area contributed by atoms with E-state index in [1.54, 1.807) is 24.3 Å². The Morgan fingerprint density at radius 1 is 1.16 bits per heavy atom. The lowest BCUT2D eigenvalue weighted by Crippen LogP contribution is -2.25. The first-order valence-electron chi connectivity index (χ1n) is 9.98. The van der Waals surface area contributed by atoms with E-state index < -0.39 is 4.92 Å². The Balaban J connectivity index is 1.47. The van der Waals surface area contributed by atoms with Crippen LogP contribution in [0, 0.1) is 17.0 Å². The molecule has 32 heavy (non-hydrogen) atoms. The molecule has 9 heteroatoms. The number of anilines is 2. The summed E-state index contributed by atoms with van der Waals surface area (Å²) in [5.74, 6) is 0.536. The van der Waals surface area contributed by atoms with E-state index in [1.165, 1.54) is 18.5 Å². The van der Waals surface area contributed by atoms with Gasteiger partial charge in [0.2, 0.25) is 5.91 Å². The third kappa shape index (κ3) is 4.57. The molecule has 0 fully saturated rings. The molecule has 0 aliphatic carbocycles. The highest BCUT2D eigenvalue weighted by molar-refractivity contribution is 7.21. The summed E-state index contributed by atoms with van der Waals surface area (Å²) in [6.07, 6.45) is 1.74. The lowest BCUT2D eigenvalue weighted by atomic mass is 10.1. The summed E-state index contributed by atoms with van der Waals surface area (Å²) in [6, 6.07) is 16.6. The molecule has 0 unspecified atom stereocenters.